The fourth-order valence-corrected chi connectivity index (χ4v) is 2.10. The van der Waals surface area contributed by atoms with Crippen LogP contribution in [0.25, 0.3) is 0 Å². The van der Waals surface area contributed by atoms with Crippen molar-refractivity contribution in [2.24, 2.45) is 0 Å². The van der Waals surface area contributed by atoms with E-state index < -0.39 is 5.79 Å². The van der Waals surface area contributed by atoms with Crippen molar-refractivity contribution in [2.75, 3.05) is 26.4 Å². The van der Waals surface area contributed by atoms with Gasteiger partial charge in [0.15, 0.2) is 0 Å². The summed E-state index contributed by atoms with van der Waals surface area (Å²) in [6.07, 6.45) is 0.454. The van der Waals surface area contributed by atoms with Crippen LogP contribution in [0.2, 0.25) is 0 Å². The zero-order chi connectivity index (χ0) is 14.7. The predicted octanol–water partition coefficient (Wildman–Crippen LogP) is 2.52. The minimum atomic E-state index is -1.06. The van der Waals surface area contributed by atoms with E-state index in [9.17, 15) is 4.79 Å². The SMILES string of the molecule is CCOC(=O)CC(OCC)(OCC)C(CC)OCC.[Zr]. The maximum absolute atomic E-state index is 11.8. The first-order chi connectivity index (χ1) is 9.10. The van der Waals surface area contributed by atoms with Gasteiger partial charge in [0.1, 0.15) is 12.5 Å². The normalized spacial score (nSPS) is 12.7. The van der Waals surface area contributed by atoms with E-state index in [1.165, 1.54) is 0 Å². The van der Waals surface area contributed by atoms with E-state index >= 15 is 0 Å². The first-order valence-corrected chi connectivity index (χ1v) is 7.15. The van der Waals surface area contributed by atoms with Gasteiger partial charge in [0.05, 0.1) is 6.61 Å². The van der Waals surface area contributed by atoms with Crippen LogP contribution >= 0.6 is 0 Å². The van der Waals surface area contributed by atoms with Crippen molar-refractivity contribution >= 4 is 5.97 Å². The van der Waals surface area contributed by atoms with Crippen LogP contribution in [-0.2, 0) is 49.9 Å². The summed E-state index contributed by atoms with van der Waals surface area (Å²) >= 11 is 0. The van der Waals surface area contributed by atoms with Crippen LogP contribution in [0.4, 0.5) is 0 Å². The molecule has 0 saturated heterocycles. The number of esters is 1. The Labute approximate surface area is 141 Å². The van der Waals surface area contributed by atoms with Gasteiger partial charge in [-0.05, 0) is 34.1 Å². The molecule has 0 aliphatic carbocycles. The average molecular weight is 368 g/mol. The van der Waals surface area contributed by atoms with Crippen molar-refractivity contribution in [2.45, 2.75) is 59.4 Å². The first-order valence-electron chi connectivity index (χ1n) is 7.15. The maximum atomic E-state index is 11.8. The Bertz CT molecular complexity index is 242. The van der Waals surface area contributed by atoms with Crippen molar-refractivity contribution in [3.63, 3.8) is 0 Å². The molecule has 0 heterocycles. The van der Waals surface area contributed by atoms with E-state index in [0.717, 1.165) is 0 Å². The second-order valence-corrected chi connectivity index (χ2v) is 4.01. The van der Waals surface area contributed by atoms with E-state index in [2.05, 4.69) is 0 Å². The zero-order valence-electron chi connectivity index (χ0n) is 13.4. The average Bonchev–Trinajstić information content (AvgIpc) is 2.36. The quantitative estimate of drug-likeness (QED) is 0.415. The summed E-state index contributed by atoms with van der Waals surface area (Å²) in [6, 6.07) is 0. The number of carbonyl (C=O) groups excluding carboxylic acids is 1. The third-order valence-corrected chi connectivity index (χ3v) is 2.70. The number of hydrogen-bond donors (Lipinski definition) is 0. The Morgan fingerprint density at radius 2 is 1.50 bits per heavy atom. The van der Waals surface area contributed by atoms with Crippen LogP contribution in [0, 0.1) is 0 Å². The van der Waals surface area contributed by atoms with Gasteiger partial charge in [-0.25, -0.2) is 0 Å². The molecule has 0 amide bonds. The van der Waals surface area contributed by atoms with E-state index in [4.69, 9.17) is 18.9 Å². The van der Waals surface area contributed by atoms with Gasteiger partial charge in [0.25, 0.3) is 0 Å². The van der Waals surface area contributed by atoms with E-state index in [-0.39, 0.29) is 44.7 Å². The minimum Gasteiger partial charge on any atom is -0.466 e. The molecule has 20 heavy (non-hydrogen) atoms. The van der Waals surface area contributed by atoms with Gasteiger partial charge in [-0.3, -0.25) is 4.79 Å². The molecule has 0 aromatic heterocycles. The molecule has 0 bridgehead atoms. The van der Waals surface area contributed by atoms with Gasteiger partial charge in [0.2, 0.25) is 5.79 Å². The molecule has 118 valence electrons. The van der Waals surface area contributed by atoms with Crippen LogP contribution in [0.5, 0.6) is 0 Å². The molecule has 0 fully saturated rings. The van der Waals surface area contributed by atoms with E-state index in [0.29, 0.717) is 32.8 Å². The van der Waals surface area contributed by atoms with Crippen LogP contribution in [0.1, 0.15) is 47.5 Å². The summed E-state index contributed by atoms with van der Waals surface area (Å²) in [6.45, 7) is 11.2. The van der Waals surface area contributed by atoms with Crippen LogP contribution < -0.4 is 0 Å². The molecule has 1 unspecified atom stereocenters. The molecule has 5 nitrogen and oxygen atoms in total. The molecule has 0 saturated carbocycles. The number of ether oxygens (including phenoxy) is 4. The second kappa shape index (κ2) is 12.9. The van der Waals surface area contributed by atoms with Crippen molar-refractivity contribution < 1.29 is 49.9 Å². The fourth-order valence-electron chi connectivity index (χ4n) is 2.10. The topological polar surface area (TPSA) is 54.0 Å². The molecule has 0 rings (SSSR count). The Hall–Kier alpha value is 0.233. The summed E-state index contributed by atoms with van der Waals surface area (Å²) in [5.41, 5.74) is 0. The minimum absolute atomic E-state index is 0. The number of carbonyl (C=O) groups is 1. The summed E-state index contributed by atoms with van der Waals surface area (Å²) in [5, 5.41) is 0. The Morgan fingerprint density at radius 3 is 1.85 bits per heavy atom. The fraction of sp³-hybridized carbons (Fsp3) is 0.929. The maximum Gasteiger partial charge on any atom is 0.311 e. The molecule has 1 atom stereocenters. The van der Waals surface area contributed by atoms with Crippen molar-refractivity contribution in [1.82, 2.24) is 0 Å². The van der Waals surface area contributed by atoms with Crippen molar-refractivity contribution in [3.8, 4) is 0 Å². The van der Waals surface area contributed by atoms with Crippen LogP contribution in [-0.4, -0.2) is 44.3 Å². The molecular weight excluding hydrogens is 339 g/mol. The van der Waals surface area contributed by atoms with Gasteiger partial charge in [-0.2, -0.15) is 0 Å². The summed E-state index contributed by atoms with van der Waals surface area (Å²) in [4.78, 5) is 11.8. The molecule has 0 aliphatic heterocycles. The molecular formula is C14H28O5Zr. The van der Waals surface area contributed by atoms with Gasteiger partial charge in [0, 0.05) is 46.0 Å². The van der Waals surface area contributed by atoms with Gasteiger partial charge in [-0.15, -0.1) is 0 Å². The molecule has 0 aromatic carbocycles. The Morgan fingerprint density at radius 1 is 0.950 bits per heavy atom. The second-order valence-electron chi connectivity index (χ2n) is 4.01. The van der Waals surface area contributed by atoms with Gasteiger partial charge < -0.3 is 18.9 Å². The third kappa shape index (κ3) is 7.30. The van der Waals surface area contributed by atoms with E-state index in [1.54, 1.807) is 6.92 Å². The standard InChI is InChI=1S/C14H28O5.Zr/c1-6-12(16-7-2)14(18-9-4,19-10-5)11-13(15)17-8-3;/h12H,6-11H2,1-5H3;. The molecule has 0 spiro atoms. The largest absolute Gasteiger partial charge is 0.466 e. The molecule has 6 heteroatoms. The van der Waals surface area contributed by atoms with Crippen molar-refractivity contribution in [3.05, 3.63) is 0 Å². The van der Waals surface area contributed by atoms with Crippen LogP contribution in [0.3, 0.4) is 0 Å². The number of rotatable bonds is 11. The summed E-state index contributed by atoms with van der Waals surface area (Å²) in [7, 11) is 0. The predicted molar refractivity (Wildman–Crippen MR) is 72.9 cm³/mol. The zero-order valence-corrected chi connectivity index (χ0v) is 15.8. The van der Waals surface area contributed by atoms with Crippen molar-refractivity contribution in [1.29, 1.82) is 0 Å². The Balaban J connectivity index is 0. The molecule has 0 aliphatic rings. The number of hydrogen-bond acceptors (Lipinski definition) is 5. The summed E-state index contributed by atoms with van der Waals surface area (Å²) < 4.78 is 22.2. The van der Waals surface area contributed by atoms with Crippen LogP contribution in [0.15, 0.2) is 0 Å². The van der Waals surface area contributed by atoms with Gasteiger partial charge in [-0.1, -0.05) is 6.92 Å². The van der Waals surface area contributed by atoms with E-state index in [1.807, 2.05) is 27.7 Å². The molecule has 0 N–H and O–H groups in total. The third-order valence-electron chi connectivity index (χ3n) is 2.70. The smallest absolute Gasteiger partial charge is 0.311 e. The monoisotopic (exact) mass is 366 g/mol. The molecule has 0 aromatic rings. The summed E-state index contributed by atoms with van der Waals surface area (Å²) in [5.74, 6) is -1.39. The molecule has 0 radical (unpaired) electrons. The Kier molecular flexibility index (Phi) is 14.6. The van der Waals surface area contributed by atoms with Gasteiger partial charge >= 0.3 is 5.97 Å². The first kappa shape index (κ1) is 22.5.